The summed E-state index contributed by atoms with van der Waals surface area (Å²) >= 11 is 5.99. The predicted molar refractivity (Wildman–Crippen MR) is 82.8 cm³/mol. The lowest BCUT2D eigenvalue weighted by molar-refractivity contribution is 0.318. The summed E-state index contributed by atoms with van der Waals surface area (Å²) in [7, 11) is 0. The minimum atomic E-state index is 0.162. The van der Waals surface area contributed by atoms with E-state index in [2.05, 4.69) is 5.32 Å². The van der Waals surface area contributed by atoms with Gasteiger partial charge >= 0.3 is 0 Å². The third-order valence-electron chi connectivity index (χ3n) is 3.01. The highest BCUT2D eigenvalue weighted by molar-refractivity contribution is 6.30. The third-order valence-corrected chi connectivity index (χ3v) is 3.24. The van der Waals surface area contributed by atoms with Gasteiger partial charge in [-0.3, -0.25) is 0 Å². The Bertz CT molecular complexity index is 599. The molecule has 0 aliphatic heterocycles. The zero-order valence-electron chi connectivity index (χ0n) is 11.6. The third kappa shape index (κ3) is 3.58. The van der Waals surface area contributed by atoms with Crippen LogP contribution in [0.2, 0.25) is 5.02 Å². The zero-order valence-corrected chi connectivity index (χ0v) is 12.4. The Morgan fingerprint density at radius 1 is 1.20 bits per heavy atom. The van der Waals surface area contributed by atoms with E-state index in [0.717, 1.165) is 16.8 Å². The molecule has 0 saturated heterocycles. The number of aromatic hydroxyl groups is 1. The molecule has 2 aromatic carbocycles. The Morgan fingerprint density at radius 3 is 2.75 bits per heavy atom. The largest absolute Gasteiger partial charge is 0.504 e. The van der Waals surface area contributed by atoms with Gasteiger partial charge in [0.25, 0.3) is 0 Å². The molecule has 2 rings (SSSR count). The molecule has 2 N–H and O–H groups in total. The first kappa shape index (κ1) is 14.5. The van der Waals surface area contributed by atoms with Crippen molar-refractivity contribution in [3.63, 3.8) is 0 Å². The van der Waals surface area contributed by atoms with Crippen molar-refractivity contribution in [2.75, 3.05) is 11.9 Å². The molecule has 0 aromatic heterocycles. The van der Waals surface area contributed by atoms with Crippen molar-refractivity contribution in [3.05, 3.63) is 52.5 Å². The maximum absolute atomic E-state index is 9.67. The van der Waals surface area contributed by atoms with E-state index in [0.29, 0.717) is 23.9 Å². The fraction of sp³-hybridized carbons (Fsp3) is 0.250. The first-order valence-corrected chi connectivity index (χ1v) is 6.92. The predicted octanol–water partition coefficient (Wildman–Crippen LogP) is 4.36. The number of phenolic OH excluding ortho intramolecular Hbond substituents is 1. The van der Waals surface area contributed by atoms with Crippen molar-refractivity contribution in [2.24, 2.45) is 0 Å². The van der Waals surface area contributed by atoms with E-state index < -0.39 is 0 Å². The molecule has 3 nitrogen and oxygen atoms in total. The molecule has 0 heterocycles. The van der Waals surface area contributed by atoms with Crippen molar-refractivity contribution < 1.29 is 9.84 Å². The van der Waals surface area contributed by atoms with Gasteiger partial charge in [0, 0.05) is 17.3 Å². The van der Waals surface area contributed by atoms with Crippen LogP contribution in [-0.4, -0.2) is 11.7 Å². The lowest BCUT2D eigenvalue weighted by Gasteiger charge is -2.12. The number of phenols is 1. The number of nitrogens with one attached hydrogen (secondary N) is 1. The molecule has 4 heteroatoms. The molecule has 0 aliphatic carbocycles. The summed E-state index contributed by atoms with van der Waals surface area (Å²) in [5.74, 6) is 0.671. The average Bonchev–Trinajstić information content (AvgIpc) is 2.43. The monoisotopic (exact) mass is 291 g/mol. The topological polar surface area (TPSA) is 41.5 Å². The Balaban J connectivity index is 2.10. The molecule has 106 valence electrons. The molecule has 2 aromatic rings. The van der Waals surface area contributed by atoms with Gasteiger partial charge in [-0.2, -0.15) is 0 Å². The van der Waals surface area contributed by atoms with Crippen LogP contribution >= 0.6 is 11.6 Å². The van der Waals surface area contributed by atoms with Crippen LogP contribution < -0.4 is 10.1 Å². The SMILES string of the molecule is CCOc1cc(CNc2cc(Cl)ccc2C)ccc1O. The van der Waals surface area contributed by atoms with E-state index in [1.54, 1.807) is 6.07 Å². The number of anilines is 1. The number of ether oxygens (including phenoxy) is 1. The summed E-state index contributed by atoms with van der Waals surface area (Å²) in [4.78, 5) is 0. The van der Waals surface area contributed by atoms with E-state index in [1.165, 1.54) is 0 Å². The Kier molecular flexibility index (Phi) is 4.74. The van der Waals surface area contributed by atoms with Crippen molar-refractivity contribution in [1.29, 1.82) is 0 Å². The van der Waals surface area contributed by atoms with Crippen LogP contribution in [0.25, 0.3) is 0 Å². The van der Waals surface area contributed by atoms with E-state index in [4.69, 9.17) is 16.3 Å². The van der Waals surface area contributed by atoms with E-state index in [9.17, 15) is 5.11 Å². The first-order valence-electron chi connectivity index (χ1n) is 6.55. The second kappa shape index (κ2) is 6.53. The molecule has 20 heavy (non-hydrogen) atoms. The molecule has 0 spiro atoms. The van der Waals surface area contributed by atoms with E-state index in [-0.39, 0.29) is 5.75 Å². The molecule has 0 saturated carbocycles. The summed E-state index contributed by atoms with van der Waals surface area (Å²) in [5.41, 5.74) is 3.17. The van der Waals surface area contributed by atoms with Gasteiger partial charge in [-0.15, -0.1) is 0 Å². The fourth-order valence-electron chi connectivity index (χ4n) is 1.92. The quantitative estimate of drug-likeness (QED) is 0.860. The second-order valence-corrected chi connectivity index (χ2v) is 4.98. The van der Waals surface area contributed by atoms with Crippen LogP contribution in [0.4, 0.5) is 5.69 Å². The zero-order chi connectivity index (χ0) is 14.5. The molecule has 0 aliphatic rings. The van der Waals surface area contributed by atoms with Crippen molar-refractivity contribution in [1.82, 2.24) is 0 Å². The minimum Gasteiger partial charge on any atom is -0.504 e. The van der Waals surface area contributed by atoms with Crippen LogP contribution in [0.5, 0.6) is 11.5 Å². The van der Waals surface area contributed by atoms with Crippen LogP contribution in [0, 0.1) is 6.92 Å². The number of hydrogen-bond acceptors (Lipinski definition) is 3. The molecule has 0 bridgehead atoms. The second-order valence-electron chi connectivity index (χ2n) is 4.55. The van der Waals surface area contributed by atoms with Gasteiger partial charge in [-0.05, 0) is 49.2 Å². The van der Waals surface area contributed by atoms with Crippen LogP contribution in [0.1, 0.15) is 18.1 Å². The fourth-order valence-corrected chi connectivity index (χ4v) is 2.09. The van der Waals surface area contributed by atoms with Gasteiger partial charge in [0.2, 0.25) is 0 Å². The van der Waals surface area contributed by atoms with E-state index in [1.807, 2.05) is 44.2 Å². The lowest BCUT2D eigenvalue weighted by atomic mass is 10.1. The number of aryl methyl sites for hydroxylation is 1. The number of hydrogen-bond donors (Lipinski definition) is 2. The van der Waals surface area contributed by atoms with Gasteiger partial charge in [0.05, 0.1) is 6.61 Å². The molecule has 0 amide bonds. The lowest BCUT2D eigenvalue weighted by Crippen LogP contribution is -2.02. The molecule has 0 atom stereocenters. The van der Waals surface area contributed by atoms with Crippen molar-refractivity contribution in [2.45, 2.75) is 20.4 Å². The maximum Gasteiger partial charge on any atom is 0.161 e. The molecule has 0 unspecified atom stereocenters. The molecule has 0 fully saturated rings. The Labute approximate surface area is 124 Å². The maximum atomic E-state index is 9.67. The van der Waals surface area contributed by atoms with Crippen molar-refractivity contribution in [3.8, 4) is 11.5 Å². The summed E-state index contributed by atoms with van der Waals surface area (Å²) in [6, 6.07) is 11.1. The summed E-state index contributed by atoms with van der Waals surface area (Å²) < 4.78 is 5.37. The van der Waals surface area contributed by atoms with Crippen molar-refractivity contribution >= 4 is 17.3 Å². The van der Waals surface area contributed by atoms with Gasteiger partial charge in [0.1, 0.15) is 0 Å². The molecular formula is C16H18ClNO2. The Morgan fingerprint density at radius 2 is 2.00 bits per heavy atom. The molecular weight excluding hydrogens is 274 g/mol. The van der Waals surface area contributed by atoms with Crippen LogP contribution in [0.15, 0.2) is 36.4 Å². The number of benzene rings is 2. The standard InChI is InChI=1S/C16H18ClNO2/c1-3-20-16-8-12(5-7-15(16)19)10-18-14-9-13(17)6-4-11(14)2/h4-9,18-19H,3,10H2,1-2H3. The van der Waals surface area contributed by atoms with Gasteiger partial charge in [0.15, 0.2) is 11.5 Å². The summed E-state index contributed by atoms with van der Waals surface area (Å²) in [6.45, 7) is 5.08. The van der Waals surface area contributed by atoms with Gasteiger partial charge in [-0.1, -0.05) is 23.7 Å². The summed E-state index contributed by atoms with van der Waals surface area (Å²) in [5, 5.41) is 13.7. The highest BCUT2D eigenvalue weighted by Gasteiger charge is 2.04. The molecule has 0 radical (unpaired) electrons. The van der Waals surface area contributed by atoms with E-state index >= 15 is 0 Å². The van der Waals surface area contributed by atoms with Crippen LogP contribution in [0.3, 0.4) is 0 Å². The smallest absolute Gasteiger partial charge is 0.161 e. The summed E-state index contributed by atoms with van der Waals surface area (Å²) in [6.07, 6.45) is 0. The van der Waals surface area contributed by atoms with Crippen LogP contribution in [-0.2, 0) is 6.54 Å². The Hall–Kier alpha value is -1.87. The number of rotatable bonds is 5. The normalized spacial score (nSPS) is 10.3. The minimum absolute atomic E-state index is 0.162. The highest BCUT2D eigenvalue weighted by Crippen LogP contribution is 2.27. The highest BCUT2D eigenvalue weighted by atomic mass is 35.5. The van der Waals surface area contributed by atoms with Gasteiger partial charge < -0.3 is 15.2 Å². The average molecular weight is 292 g/mol. The first-order chi connectivity index (χ1) is 9.60. The van der Waals surface area contributed by atoms with Gasteiger partial charge in [-0.25, -0.2) is 0 Å². The number of halogens is 1.